The fourth-order valence-electron chi connectivity index (χ4n) is 2.55. The molecule has 22 heavy (non-hydrogen) atoms. The molecule has 6 heteroatoms. The summed E-state index contributed by atoms with van der Waals surface area (Å²) in [4.78, 5) is 27.1. The van der Waals surface area contributed by atoms with Crippen LogP contribution >= 0.6 is 11.6 Å². The summed E-state index contributed by atoms with van der Waals surface area (Å²) < 4.78 is 5.32. The Hall–Kier alpha value is -1.75. The lowest BCUT2D eigenvalue weighted by atomic mass is 10.0. The third-order valence-corrected chi connectivity index (χ3v) is 4.13. The summed E-state index contributed by atoms with van der Waals surface area (Å²) in [7, 11) is 1.71. The number of ether oxygens (including phenoxy) is 1. The molecule has 0 aliphatic carbocycles. The number of halogens is 1. The summed E-state index contributed by atoms with van der Waals surface area (Å²) in [5, 5.41) is 0. The molecule has 0 saturated carbocycles. The molecule has 5 nitrogen and oxygen atoms in total. The highest BCUT2D eigenvalue weighted by atomic mass is 35.5. The van der Waals surface area contributed by atoms with Gasteiger partial charge in [0.1, 0.15) is 12.5 Å². The molecule has 0 unspecified atom stereocenters. The largest absolute Gasteiger partial charge is 0.445 e. The van der Waals surface area contributed by atoms with Crippen molar-refractivity contribution in [3.05, 3.63) is 35.9 Å². The number of nitrogens with zero attached hydrogens (tertiary/aromatic N) is 2. The molecule has 0 N–H and O–H groups in total. The number of likely N-dealkylation sites (tertiary alicyclic amines) is 1. The van der Waals surface area contributed by atoms with Crippen LogP contribution in [0.25, 0.3) is 0 Å². The fraction of sp³-hybridized carbons (Fsp3) is 0.500. The first-order chi connectivity index (χ1) is 10.6. The fourth-order valence-corrected chi connectivity index (χ4v) is 2.72. The minimum absolute atomic E-state index is 0.0190. The zero-order valence-corrected chi connectivity index (χ0v) is 13.5. The highest BCUT2D eigenvalue weighted by molar-refractivity contribution is 6.27. The zero-order chi connectivity index (χ0) is 15.9. The summed E-state index contributed by atoms with van der Waals surface area (Å²) in [6.45, 7) is 1.47. The SMILES string of the molecule is CN(C(=O)OCc1ccccc1)[C@H]1CCCN(C(=O)CCl)C1. The van der Waals surface area contributed by atoms with Crippen LogP contribution in [0, 0.1) is 0 Å². The number of amides is 2. The minimum atomic E-state index is -0.367. The number of rotatable bonds is 4. The molecule has 1 fully saturated rings. The molecule has 2 amide bonds. The number of carbonyl (C=O) groups excluding carboxylic acids is 2. The van der Waals surface area contributed by atoms with E-state index in [1.807, 2.05) is 30.3 Å². The van der Waals surface area contributed by atoms with Gasteiger partial charge in [-0.2, -0.15) is 0 Å². The van der Waals surface area contributed by atoms with E-state index in [0.717, 1.165) is 18.4 Å². The van der Waals surface area contributed by atoms with E-state index in [0.29, 0.717) is 13.1 Å². The van der Waals surface area contributed by atoms with Crippen molar-refractivity contribution < 1.29 is 14.3 Å². The van der Waals surface area contributed by atoms with Crippen molar-refractivity contribution in [3.8, 4) is 0 Å². The van der Waals surface area contributed by atoms with Crippen LogP contribution in [0.3, 0.4) is 0 Å². The molecular weight excluding hydrogens is 304 g/mol. The molecule has 1 aliphatic heterocycles. The number of piperidine rings is 1. The highest BCUT2D eigenvalue weighted by Gasteiger charge is 2.28. The molecule has 1 aromatic rings. The Balaban J connectivity index is 1.85. The second-order valence-corrected chi connectivity index (χ2v) is 5.69. The van der Waals surface area contributed by atoms with E-state index in [-0.39, 0.29) is 30.5 Å². The average molecular weight is 325 g/mol. The summed E-state index contributed by atoms with van der Waals surface area (Å²) >= 11 is 5.60. The van der Waals surface area contributed by atoms with E-state index in [9.17, 15) is 9.59 Å². The molecule has 1 atom stereocenters. The van der Waals surface area contributed by atoms with Crippen LogP contribution < -0.4 is 0 Å². The standard InChI is InChI=1S/C16H21ClN2O3/c1-18(14-8-5-9-19(11-14)15(20)10-17)16(21)22-12-13-6-3-2-4-7-13/h2-4,6-7,14H,5,8-12H2,1H3/t14-/m0/s1. The van der Waals surface area contributed by atoms with Gasteiger partial charge in [-0.25, -0.2) is 4.79 Å². The maximum absolute atomic E-state index is 12.1. The van der Waals surface area contributed by atoms with Crippen LogP contribution in [0.15, 0.2) is 30.3 Å². The minimum Gasteiger partial charge on any atom is -0.445 e. The summed E-state index contributed by atoms with van der Waals surface area (Å²) in [5.41, 5.74) is 0.951. The van der Waals surface area contributed by atoms with Crippen LogP contribution in [0.4, 0.5) is 4.79 Å². The van der Waals surface area contributed by atoms with Gasteiger partial charge in [-0.1, -0.05) is 30.3 Å². The Labute approximate surface area is 135 Å². The van der Waals surface area contributed by atoms with E-state index >= 15 is 0 Å². The average Bonchev–Trinajstić information content (AvgIpc) is 2.59. The van der Waals surface area contributed by atoms with E-state index in [1.54, 1.807) is 16.8 Å². The topological polar surface area (TPSA) is 49.9 Å². The molecule has 0 spiro atoms. The number of benzene rings is 1. The molecule has 1 saturated heterocycles. The van der Waals surface area contributed by atoms with Gasteiger partial charge in [0.2, 0.25) is 5.91 Å². The second kappa shape index (κ2) is 8.03. The second-order valence-electron chi connectivity index (χ2n) is 5.42. The van der Waals surface area contributed by atoms with E-state index < -0.39 is 0 Å². The normalized spacial score (nSPS) is 17.9. The van der Waals surface area contributed by atoms with Crippen molar-refractivity contribution in [3.63, 3.8) is 0 Å². The lowest BCUT2D eigenvalue weighted by Crippen LogP contribution is -2.50. The lowest BCUT2D eigenvalue weighted by Gasteiger charge is -2.36. The molecule has 0 radical (unpaired) electrons. The number of hydrogen-bond donors (Lipinski definition) is 0. The van der Waals surface area contributed by atoms with Gasteiger partial charge >= 0.3 is 6.09 Å². The predicted octanol–water partition coefficient (Wildman–Crippen LogP) is 2.48. The maximum atomic E-state index is 12.1. The van der Waals surface area contributed by atoms with Crippen molar-refractivity contribution in [2.75, 3.05) is 26.0 Å². The Morgan fingerprint density at radius 2 is 2.09 bits per heavy atom. The smallest absolute Gasteiger partial charge is 0.410 e. The Morgan fingerprint density at radius 3 is 2.77 bits per heavy atom. The van der Waals surface area contributed by atoms with Gasteiger partial charge in [-0.15, -0.1) is 11.6 Å². The molecule has 1 aromatic carbocycles. The zero-order valence-electron chi connectivity index (χ0n) is 12.7. The Kier molecular flexibility index (Phi) is 6.07. The Bertz CT molecular complexity index is 509. The third kappa shape index (κ3) is 4.37. The molecule has 1 heterocycles. The lowest BCUT2D eigenvalue weighted by molar-refractivity contribution is -0.130. The molecule has 2 rings (SSSR count). The molecular formula is C16H21ClN2O3. The van der Waals surface area contributed by atoms with E-state index in [4.69, 9.17) is 16.3 Å². The number of hydrogen-bond acceptors (Lipinski definition) is 3. The first kappa shape index (κ1) is 16.6. The van der Waals surface area contributed by atoms with Crippen molar-refractivity contribution in [1.82, 2.24) is 9.80 Å². The molecule has 0 bridgehead atoms. The van der Waals surface area contributed by atoms with Crippen LogP contribution in [0.1, 0.15) is 18.4 Å². The molecule has 1 aliphatic rings. The van der Waals surface area contributed by atoms with Gasteiger partial charge < -0.3 is 14.5 Å². The van der Waals surface area contributed by atoms with Crippen LogP contribution in [0.5, 0.6) is 0 Å². The molecule has 0 aromatic heterocycles. The van der Waals surface area contributed by atoms with Crippen LogP contribution in [-0.4, -0.2) is 53.9 Å². The monoisotopic (exact) mass is 324 g/mol. The summed E-state index contributed by atoms with van der Waals surface area (Å²) in [5.74, 6) is -0.105. The highest BCUT2D eigenvalue weighted by Crippen LogP contribution is 2.16. The van der Waals surface area contributed by atoms with Crippen molar-refractivity contribution in [1.29, 1.82) is 0 Å². The summed E-state index contributed by atoms with van der Waals surface area (Å²) in [6, 6.07) is 9.53. The quantitative estimate of drug-likeness (QED) is 0.800. The van der Waals surface area contributed by atoms with Crippen LogP contribution in [-0.2, 0) is 16.1 Å². The van der Waals surface area contributed by atoms with Gasteiger partial charge in [-0.3, -0.25) is 4.79 Å². The van der Waals surface area contributed by atoms with E-state index in [1.165, 1.54) is 0 Å². The number of likely N-dealkylation sites (N-methyl/N-ethyl adjacent to an activating group) is 1. The van der Waals surface area contributed by atoms with Crippen molar-refractivity contribution >= 4 is 23.6 Å². The van der Waals surface area contributed by atoms with Gasteiger partial charge in [0.25, 0.3) is 0 Å². The van der Waals surface area contributed by atoms with Gasteiger partial charge in [0, 0.05) is 20.1 Å². The summed E-state index contributed by atoms with van der Waals surface area (Å²) in [6.07, 6.45) is 1.36. The third-order valence-electron chi connectivity index (χ3n) is 3.90. The van der Waals surface area contributed by atoms with Crippen molar-refractivity contribution in [2.45, 2.75) is 25.5 Å². The first-order valence-corrected chi connectivity index (χ1v) is 7.92. The van der Waals surface area contributed by atoms with E-state index in [2.05, 4.69) is 0 Å². The van der Waals surface area contributed by atoms with Gasteiger partial charge in [-0.05, 0) is 18.4 Å². The number of carbonyl (C=O) groups is 2. The maximum Gasteiger partial charge on any atom is 0.410 e. The van der Waals surface area contributed by atoms with Crippen LogP contribution in [0.2, 0.25) is 0 Å². The predicted molar refractivity (Wildman–Crippen MR) is 84.7 cm³/mol. The molecule has 120 valence electrons. The first-order valence-electron chi connectivity index (χ1n) is 7.39. The number of alkyl halides is 1. The Morgan fingerprint density at radius 1 is 1.36 bits per heavy atom. The van der Waals surface area contributed by atoms with Gasteiger partial charge in [0.05, 0.1) is 6.04 Å². The van der Waals surface area contributed by atoms with Crippen molar-refractivity contribution in [2.24, 2.45) is 0 Å². The van der Waals surface area contributed by atoms with Gasteiger partial charge in [0.15, 0.2) is 0 Å².